The molecule has 0 atom stereocenters. The van der Waals surface area contributed by atoms with Crippen LogP contribution in [0.2, 0.25) is 0 Å². The molecule has 3 rings (SSSR count). The molecule has 0 aliphatic rings. The van der Waals surface area contributed by atoms with Gasteiger partial charge in [-0.15, -0.1) is 0 Å². The van der Waals surface area contributed by atoms with Crippen LogP contribution in [0.5, 0.6) is 23.0 Å². The molecule has 0 saturated carbocycles. The Labute approximate surface area is 133 Å². The number of ether oxygens (including phenoxy) is 2. The van der Waals surface area contributed by atoms with E-state index in [-0.39, 0.29) is 14.9 Å². The minimum Gasteiger partial charge on any atom is -0.457 e. The Kier molecular flexibility index (Phi) is 6.71. The van der Waals surface area contributed by atoms with Crippen molar-refractivity contribution in [3.05, 3.63) is 84.9 Å². The molecule has 0 heterocycles. The molecule has 0 aliphatic heterocycles. The third kappa shape index (κ3) is 4.67. The van der Waals surface area contributed by atoms with Crippen LogP contribution < -0.4 is 9.47 Å². The summed E-state index contributed by atoms with van der Waals surface area (Å²) < 4.78 is 11.5. The quantitative estimate of drug-likeness (QED) is 0.543. The number of hydrogen-bond acceptors (Lipinski definition) is 2. The van der Waals surface area contributed by atoms with Crippen molar-refractivity contribution in [3.63, 3.8) is 0 Å². The summed E-state index contributed by atoms with van der Waals surface area (Å²) in [6, 6.07) is 27.0. The average molecular weight is 294 g/mol. The van der Waals surface area contributed by atoms with Crippen molar-refractivity contribution in [2.75, 3.05) is 0 Å². The van der Waals surface area contributed by atoms with Gasteiger partial charge < -0.3 is 9.47 Å². The summed E-state index contributed by atoms with van der Waals surface area (Å²) in [5.74, 6) is 3.22. The van der Waals surface area contributed by atoms with Crippen LogP contribution in [0.4, 0.5) is 0 Å². The molecule has 3 aromatic rings. The first kappa shape index (κ1) is 17.3. The van der Waals surface area contributed by atoms with E-state index in [4.69, 9.17) is 9.47 Å². The van der Waals surface area contributed by atoms with Gasteiger partial charge in [-0.05, 0) is 48.5 Å². The Balaban J connectivity index is 0.00000121. The van der Waals surface area contributed by atoms with Crippen molar-refractivity contribution >= 4 is 0 Å². The maximum absolute atomic E-state index is 5.73. The molecule has 0 aromatic heterocycles. The summed E-state index contributed by atoms with van der Waals surface area (Å²) in [6.07, 6.45) is 0. The predicted molar refractivity (Wildman–Crippen MR) is 92.9 cm³/mol. The molecule has 0 amide bonds. The number of rotatable bonds is 4. The molecule has 0 aliphatic carbocycles. The number of benzene rings is 3. The van der Waals surface area contributed by atoms with Crippen LogP contribution in [0.3, 0.4) is 0 Å². The standard InChI is InChI=1S/C18H14O2.2CH4/c1-3-7-15(8-4-1)19-17-11-13-18(14-12-17)20-16-9-5-2-6-10-16;;/h1-14H;2*1H4. The Hall–Kier alpha value is -2.74. The molecular weight excluding hydrogens is 272 g/mol. The van der Waals surface area contributed by atoms with Gasteiger partial charge in [0.15, 0.2) is 0 Å². The lowest BCUT2D eigenvalue weighted by Crippen LogP contribution is -1.85. The lowest BCUT2D eigenvalue weighted by Gasteiger charge is -2.08. The van der Waals surface area contributed by atoms with Crippen LogP contribution in [0, 0.1) is 0 Å². The molecule has 0 N–H and O–H groups in total. The van der Waals surface area contributed by atoms with Crippen LogP contribution in [0.25, 0.3) is 0 Å². The Morgan fingerprint density at radius 2 is 0.636 bits per heavy atom. The van der Waals surface area contributed by atoms with Gasteiger partial charge in [0, 0.05) is 0 Å². The van der Waals surface area contributed by atoms with Gasteiger partial charge in [-0.25, -0.2) is 0 Å². The molecule has 22 heavy (non-hydrogen) atoms. The van der Waals surface area contributed by atoms with Crippen LogP contribution in [0.15, 0.2) is 84.9 Å². The zero-order valence-corrected chi connectivity index (χ0v) is 10.9. The van der Waals surface area contributed by atoms with E-state index < -0.39 is 0 Å². The number of hydrogen-bond donors (Lipinski definition) is 0. The molecule has 0 saturated heterocycles. The molecule has 0 radical (unpaired) electrons. The number of para-hydroxylation sites is 2. The second-order valence-corrected chi connectivity index (χ2v) is 4.30. The summed E-state index contributed by atoms with van der Waals surface area (Å²) in [5.41, 5.74) is 0. The molecule has 0 unspecified atom stereocenters. The van der Waals surface area contributed by atoms with Gasteiger partial charge in [-0.2, -0.15) is 0 Å². The predicted octanol–water partition coefficient (Wildman–Crippen LogP) is 6.54. The SMILES string of the molecule is C.C.c1ccc(Oc2ccc(Oc3ccccc3)cc2)cc1. The zero-order valence-electron chi connectivity index (χ0n) is 10.9. The highest BCUT2D eigenvalue weighted by atomic mass is 16.5. The zero-order chi connectivity index (χ0) is 13.6. The van der Waals surface area contributed by atoms with Gasteiger partial charge in [0.2, 0.25) is 0 Å². The van der Waals surface area contributed by atoms with Gasteiger partial charge >= 0.3 is 0 Å². The van der Waals surface area contributed by atoms with Gasteiger partial charge in [-0.1, -0.05) is 51.3 Å². The van der Waals surface area contributed by atoms with Crippen LogP contribution >= 0.6 is 0 Å². The Bertz CT molecular complexity index is 586. The largest absolute Gasteiger partial charge is 0.457 e. The van der Waals surface area contributed by atoms with E-state index in [1.165, 1.54) is 0 Å². The highest BCUT2D eigenvalue weighted by Crippen LogP contribution is 2.26. The van der Waals surface area contributed by atoms with E-state index >= 15 is 0 Å². The maximum atomic E-state index is 5.73. The van der Waals surface area contributed by atoms with Crippen molar-refractivity contribution in [1.82, 2.24) is 0 Å². The fourth-order valence-electron chi connectivity index (χ4n) is 1.82. The van der Waals surface area contributed by atoms with Crippen molar-refractivity contribution in [1.29, 1.82) is 0 Å². The van der Waals surface area contributed by atoms with Gasteiger partial charge in [0.05, 0.1) is 0 Å². The Morgan fingerprint density at radius 3 is 0.955 bits per heavy atom. The van der Waals surface area contributed by atoms with Crippen LogP contribution in [0.1, 0.15) is 14.9 Å². The molecule has 0 spiro atoms. The molecule has 0 fully saturated rings. The van der Waals surface area contributed by atoms with Crippen molar-refractivity contribution in [2.24, 2.45) is 0 Å². The van der Waals surface area contributed by atoms with E-state index in [9.17, 15) is 0 Å². The summed E-state index contributed by atoms with van der Waals surface area (Å²) >= 11 is 0. The normalized spacial score (nSPS) is 9.09. The van der Waals surface area contributed by atoms with E-state index in [0.717, 1.165) is 23.0 Å². The molecule has 3 aromatic carbocycles. The minimum atomic E-state index is 0. The molecule has 114 valence electrons. The van der Waals surface area contributed by atoms with Gasteiger partial charge in [-0.3, -0.25) is 0 Å². The first-order valence-corrected chi connectivity index (χ1v) is 6.46. The Morgan fingerprint density at radius 1 is 0.364 bits per heavy atom. The fourth-order valence-corrected chi connectivity index (χ4v) is 1.82. The summed E-state index contributed by atoms with van der Waals surface area (Å²) in [6.45, 7) is 0. The average Bonchev–Trinajstić information content (AvgIpc) is 2.51. The van der Waals surface area contributed by atoms with Gasteiger partial charge in [0.1, 0.15) is 23.0 Å². The summed E-state index contributed by atoms with van der Waals surface area (Å²) in [4.78, 5) is 0. The second-order valence-electron chi connectivity index (χ2n) is 4.30. The summed E-state index contributed by atoms with van der Waals surface area (Å²) in [7, 11) is 0. The van der Waals surface area contributed by atoms with E-state index in [1.807, 2.05) is 84.9 Å². The summed E-state index contributed by atoms with van der Waals surface area (Å²) in [5, 5.41) is 0. The molecular formula is C20H22O2. The monoisotopic (exact) mass is 294 g/mol. The van der Waals surface area contributed by atoms with Crippen molar-refractivity contribution < 1.29 is 9.47 Å². The van der Waals surface area contributed by atoms with E-state index in [0.29, 0.717) is 0 Å². The smallest absolute Gasteiger partial charge is 0.127 e. The van der Waals surface area contributed by atoms with E-state index in [1.54, 1.807) is 0 Å². The molecule has 0 bridgehead atoms. The first-order chi connectivity index (χ1) is 9.90. The van der Waals surface area contributed by atoms with Crippen LogP contribution in [-0.4, -0.2) is 0 Å². The van der Waals surface area contributed by atoms with E-state index in [2.05, 4.69) is 0 Å². The third-order valence-corrected chi connectivity index (χ3v) is 2.78. The fraction of sp³-hybridized carbons (Fsp3) is 0.100. The maximum Gasteiger partial charge on any atom is 0.127 e. The van der Waals surface area contributed by atoms with Crippen LogP contribution in [-0.2, 0) is 0 Å². The second kappa shape index (κ2) is 8.53. The highest BCUT2D eigenvalue weighted by Gasteiger charge is 1.99. The lowest BCUT2D eigenvalue weighted by atomic mass is 10.3. The van der Waals surface area contributed by atoms with Crippen molar-refractivity contribution in [2.45, 2.75) is 14.9 Å². The topological polar surface area (TPSA) is 18.5 Å². The van der Waals surface area contributed by atoms with Gasteiger partial charge in [0.25, 0.3) is 0 Å². The first-order valence-electron chi connectivity index (χ1n) is 6.46. The third-order valence-electron chi connectivity index (χ3n) is 2.78. The highest BCUT2D eigenvalue weighted by molar-refractivity contribution is 5.37. The molecule has 2 nitrogen and oxygen atoms in total. The minimum absolute atomic E-state index is 0. The lowest BCUT2D eigenvalue weighted by molar-refractivity contribution is 0.469. The van der Waals surface area contributed by atoms with Crippen molar-refractivity contribution in [3.8, 4) is 23.0 Å². The molecule has 2 heteroatoms.